The van der Waals surface area contributed by atoms with Crippen LogP contribution in [0.4, 0.5) is 8.78 Å². The van der Waals surface area contributed by atoms with Gasteiger partial charge in [0, 0.05) is 0 Å². The van der Waals surface area contributed by atoms with E-state index >= 15 is 0 Å². The number of ether oxygens (including phenoxy) is 1. The highest BCUT2D eigenvalue weighted by atomic mass is 35.5. The summed E-state index contributed by atoms with van der Waals surface area (Å²) in [4.78, 5) is 14.7. The molecule has 0 aliphatic carbocycles. The summed E-state index contributed by atoms with van der Waals surface area (Å²) in [6.45, 7) is -2.93. The van der Waals surface area contributed by atoms with Gasteiger partial charge in [-0.05, 0) is 23.7 Å². The molecule has 0 atom stereocenters. The van der Waals surface area contributed by atoms with Crippen molar-refractivity contribution in [2.24, 2.45) is 0 Å². The van der Waals surface area contributed by atoms with Gasteiger partial charge in [-0.15, -0.1) is 11.3 Å². The number of hydrogen-bond donors (Lipinski definition) is 0. The van der Waals surface area contributed by atoms with Gasteiger partial charge in [-0.2, -0.15) is 8.78 Å². The maximum absolute atomic E-state index is 12.1. The summed E-state index contributed by atoms with van der Waals surface area (Å²) in [6.07, 6.45) is 0. The summed E-state index contributed by atoms with van der Waals surface area (Å²) in [5.74, 6) is -0.0621. The minimum atomic E-state index is -2.93. The molecule has 0 N–H and O–H groups in total. The van der Waals surface area contributed by atoms with Crippen LogP contribution in [-0.2, 0) is 0 Å². The highest BCUT2D eigenvalue weighted by molar-refractivity contribution is 7.21. The molecule has 2 aromatic rings. The summed E-state index contributed by atoms with van der Waals surface area (Å²) in [7, 11) is 0. The van der Waals surface area contributed by atoms with Crippen molar-refractivity contribution < 1.29 is 18.3 Å². The second kappa shape index (κ2) is 4.31. The third-order valence-electron chi connectivity index (χ3n) is 1.77. The maximum Gasteiger partial charge on any atom is 0.387 e. The van der Waals surface area contributed by atoms with Gasteiger partial charge >= 0.3 is 6.61 Å². The summed E-state index contributed by atoms with van der Waals surface area (Å²) in [5.41, 5.74) is 0.219. The molecule has 0 bridgehead atoms. The monoisotopic (exact) mass is 263 g/mol. The zero-order valence-electron chi connectivity index (χ0n) is 7.62. The topological polar surface area (TPSA) is 39.2 Å². The Morgan fingerprint density at radius 2 is 2.25 bits per heavy atom. The predicted octanol–water partition coefficient (Wildman–Crippen LogP) is 3.28. The number of halogens is 3. The average molecular weight is 264 g/mol. The molecule has 2 rings (SSSR count). The van der Waals surface area contributed by atoms with E-state index < -0.39 is 11.9 Å². The Hall–Kier alpha value is -1.27. The Morgan fingerprint density at radius 3 is 2.88 bits per heavy atom. The quantitative estimate of drug-likeness (QED) is 0.798. The molecule has 1 aromatic carbocycles. The largest absolute Gasteiger partial charge is 0.432 e. The molecular formula is C9H4ClF2NO2S. The van der Waals surface area contributed by atoms with Gasteiger partial charge in [-0.1, -0.05) is 6.07 Å². The second-order valence-corrected chi connectivity index (χ2v) is 4.15. The number of nitrogens with zero attached hydrogens (tertiary/aromatic N) is 1. The average Bonchev–Trinajstić information content (AvgIpc) is 2.61. The molecule has 0 fully saturated rings. The fourth-order valence-electron chi connectivity index (χ4n) is 1.20. The molecule has 3 nitrogen and oxygen atoms in total. The molecule has 1 aromatic heterocycles. The van der Waals surface area contributed by atoms with Gasteiger partial charge in [0.25, 0.3) is 5.24 Å². The van der Waals surface area contributed by atoms with Crippen LogP contribution >= 0.6 is 22.9 Å². The molecule has 84 valence electrons. The zero-order chi connectivity index (χ0) is 11.7. The van der Waals surface area contributed by atoms with E-state index in [2.05, 4.69) is 9.72 Å². The molecule has 0 spiro atoms. The number of para-hydroxylation sites is 1. The Kier molecular flexibility index (Phi) is 3.02. The molecule has 1 heterocycles. The Morgan fingerprint density at radius 1 is 1.50 bits per heavy atom. The number of thiazole rings is 1. The molecule has 0 unspecified atom stereocenters. The molecule has 0 amide bonds. The van der Waals surface area contributed by atoms with Crippen LogP contribution < -0.4 is 4.74 Å². The number of alkyl halides is 2. The first-order chi connectivity index (χ1) is 7.58. The number of fused-ring (bicyclic) bond motifs is 1. The normalized spacial score (nSPS) is 11.0. The van der Waals surface area contributed by atoms with Crippen LogP contribution in [0.5, 0.6) is 5.75 Å². The number of carbonyl (C=O) groups excluding carboxylic acids is 1. The van der Waals surface area contributed by atoms with Crippen molar-refractivity contribution in [1.29, 1.82) is 0 Å². The van der Waals surface area contributed by atoms with Gasteiger partial charge in [0.05, 0.1) is 4.70 Å². The second-order valence-electron chi connectivity index (χ2n) is 2.77. The molecular weight excluding hydrogens is 260 g/mol. The summed E-state index contributed by atoms with van der Waals surface area (Å²) in [5, 5.41) is -0.661. The molecule has 0 aliphatic heterocycles. The summed E-state index contributed by atoms with van der Waals surface area (Å²) in [6, 6.07) is 4.55. The van der Waals surface area contributed by atoms with E-state index in [1.807, 2.05) is 0 Å². The van der Waals surface area contributed by atoms with Gasteiger partial charge in [0.2, 0.25) is 0 Å². The van der Waals surface area contributed by atoms with E-state index in [1.165, 1.54) is 6.07 Å². The lowest BCUT2D eigenvalue weighted by Gasteiger charge is -2.03. The van der Waals surface area contributed by atoms with Crippen molar-refractivity contribution in [3.63, 3.8) is 0 Å². The lowest BCUT2D eigenvalue weighted by atomic mass is 10.3. The molecule has 0 radical (unpaired) electrons. The van der Waals surface area contributed by atoms with E-state index in [4.69, 9.17) is 11.6 Å². The van der Waals surface area contributed by atoms with Crippen molar-refractivity contribution in [1.82, 2.24) is 4.98 Å². The lowest BCUT2D eigenvalue weighted by Crippen LogP contribution is -2.02. The third-order valence-corrected chi connectivity index (χ3v) is 3.08. The zero-order valence-corrected chi connectivity index (χ0v) is 9.19. The SMILES string of the molecule is O=C(Cl)c1nc2c(OC(F)F)cccc2s1. The third kappa shape index (κ3) is 2.12. The van der Waals surface area contributed by atoms with E-state index in [1.54, 1.807) is 12.1 Å². The van der Waals surface area contributed by atoms with E-state index in [0.29, 0.717) is 4.70 Å². The van der Waals surface area contributed by atoms with E-state index in [0.717, 1.165) is 11.3 Å². The first-order valence-electron chi connectivity index (χ1n) is 4.12. The van der Waals surface area contributed by atoms with Gasteiger partial charge in [0.1, 0.15) is 5.52 Å². The van der Waals surface area contributed by atoms with Crippen molar-refractivity contribution in [3.05, 3.63) is 23.2 Å². The van der Waals surface area contributed by atoms with Crippen LogP contribution in [-0.4, -0.2) is 16.8 Å². The fraction of sp³-hybridized carbons (Fsp3) is 0.111. The highest BCUT2D eigenvalue weighted by Gasteiger charge is 2.15. The van der Waals surface area contributed by atoms with E-state index in [9.17, 15) is 13.6 Å². The van der Waals surface area contributed by atoms with Crippen molar-refractivity contribution in [2.45, 2.75) is 6.61 Å². The Labute approximate surface area is 97.6 Å². The number of carbonyl (C=O) groups is 1. The lowest BCUT2D eigenvalue weighted by molar-refractivity contribution is -0.0489. The minimum absolute atomic E-state index is 0.0574. The number of hydrogen-bond acceptors (Lipinski definition) is 4. The molecule has 0 saturated heterocycles. The first kappa shape index (κ1) is 11.2. The van der Waals surface area contributed by atoms with Crippen molar-refractivity contribution in [2.75, 3.05) is 0 Å². The van der Waals surface area contributed by atoms with Crippen LogP contribution in [0.2, 0.25) is 0 Å². The smallest absolute Gasteiger partial charge is 0.387 e. The Bertz CT molecular complexity index is 543. The van der Waals surface area contributed by atoms with Crippen LogP contribution in [0, 0.1) is 0 Å². The van der Waals surface area contributed by atoms with Crippen LogP contribution in [0.1, 0.15) is 9.80 Å². The molecule has 0 aliphatic rings. The highest BCUT2D eigenvalue weighted by Crippen LogP contribution is 2.31. The molecule has 0 saturated carbocycles. The predicted molar refractivity (Wildman–Crippen MR) is 56.4 cm³/mol. The number of rotatable bonds is 3. The minimum Gasteiger partial charge on any atom is -0.432 e. The van der Waals surface area contributed by atoms with Crippen LogP contribution in [0.15, 0.2) is 18.2 Å². The number of aromatic nitrogens is 1. The van der Waals surface area contributed by atoms with Gasteiger partial charge in [-0.3, -0.25) is 4.79 Å². The first-order valence-corrected chi connectivity index (χ1v) is 5.31. The van der Waals surface area contributed by atoms with Crippen molar-refractivity contribution in [3.8, 4) is 5.75 Å². The van der Waals surface area contributed by atoms with E-state index in [-0.39, 0.29) is 16.3 Å². The standard InChI is InChI=1S/C9H4ClF2NO2S/c10-7(14)8-13-6-4(15-9(11)12)2-1-3-5(6)16-8/h1-3,9H. The van der Waals surface area contributed by atoms with Gasteiger partial charge in [-0.25, -0.2) is 4.98 Å². The summed E-state index contributed by atoms with van der Waals surface area (Å²) < 4.78 is 29.0. The summed E-state index contributed by atoms with van der Waals surface area (Å²) >= 11 is 6.28. The molecule has 16 heavy (non-hydrogen) atoms. The number of benzene rings is 1. The van der Waals surface area contributed by atoms with Crippen LogP contribution in [0.3, 0.4) is 0 Å². The maximum atomic E-state index is 12.1. The van der Waals surface area contributed by atoms with Gasteiger partial charge in [0.15, 0.2) is 10.8 Å². The van der Waals surface area contributed by atoms with Crippen molar-refractivity contribution >= 4 is 38.4 Å². The molecule has 7 heteroatoms. The van der Waals surface area contributed by atoms with Gasteiger partial charge < -0.3 is 4.74 Å². The Balaban J connectivity index is 2.54. The van der Waals surface area contributed by atoms with Crippen LogP contribution in [0.25, 0.3) is 10.2 Å². The fourth-order valence-corrected chi connectivity index (χ4v) is 2.17.